The molecule has 2 rings (SSSR count). The SMILES string of the molecule is O=S(=O)(Oc1ccc(C=NNc2ccc(Cl)cc2)cc1)C(F)(F)F. The molecule has 128 valence electrons. The highest BCUT2D eigenvalue weighted by Gasteiger charge is 2.48. The second-order valence-electron chi connectivity index (χ2n) is 4.43. The van der Waals surface area contributed by atoms with E-state index in [0.717, 1.165) is 12.1 Å². The van der Waals surface area contributed by atoms with Crippen molar-refractivity contribution in [2.24, 2.45) is 5.10 Å². The number of nitrogens with zero attached hydrogens (tertiary/aromatic N) is 1. The summed E-state index contributed by atoms with van der Waals surface area (Å²) >= 11 is 5.74. The summed E-state index contributed by atoms with van der Waals surface area (Å²) in [6, 6.07) is 11.7. The second-order valence-corrected chi connectivity index (χ2v) is 6.40. The van der Waals surface area contributed by atoms with Gasteiger partial charge >= 0.3 is 15.6 Å². The van der Waals surface area contributed by atoms with Gasteiger partial charge in [0.2, 0.25) is 0 Å². The van der Waals surface area contributed by atoms with Crippen molar-refractivity contribution in [2.45, 2.75) is 5.51 Å². The Bertz CT molecular complexity index is 820. The van der Waals surface area contributed by atoms with Crippen molar-refractivity contribution in [3.05, 3.63) is 59.1 Å². The Morgan fingerprint density at radius 3 is 2.17 bits per heavy atom. The average molecular weight is 379 g/mol. The molecular weight excluding hydrogens is 369 g/mol. The summed E-state index contributed by atoms with van der Waals surface area (Å²) in [7, 11) is -5.68. The summed E-state index contributed by atoms with van der Waals surface area (Å²) in [6.45, 7) is 0. The third-order valence-corrected chi connectivity index (χ3v) is 3.85. The van der Waals surface area contributed by atoms with Gasteiger partial charge in [0.05, 0.1) is 11.9 Å². The molecule has 24 heavy (non-hydrogen) atoms. The fourth-order valence-electron chi connectivity index (χ4n) is 1.49. The van der Waals surface area contributed by atoms with Crippen molar-refractivity contribution < 1.29 is 25.8 Å². The van der Waals surface area contributed by atoms with Crippen LogP contribution in [0.5, 0.6) is 5.75 Å². The Kier molecular flexibility index (Phi) is 5.35. The fraction of sp³-hybridized carbons (Fsp3) is 0.0714. The highest BCUT2D eigenvalue weighted by molar-refractivity contribution is 7.88. The predicted molar refractivity (Wildman–Crippen MR) is 84.7 cm³/mol. The maximum atomic E-state index is 12.2. The monoisotopic (exact) mass is 378 g/mol. The number of benzene rings is 2. The van der Waals surface area contributed by atoms with Crippen LogP contribution in [0.2, 0.25) is 5.02 Å². The molecule has 0 spiro atoms. The number of halogens is 4. The number of anilines is 1. The summed E-state index contributed by atoms with van der Waals surface area (Å²) in [5.41, 5.74) is -1.54. The van der Waals surface area contributed by atoms with Crippen LogP contribution in [-0.2, 0) is 10.1 Å². The standard InChI is InChI=1S/C14H10ClF3N2O3S/c15-11-3-5-12(6-4-11)20-19-9-10-1-7-13(8-2-10)23-24(21,22)14(16,17)18/h1-9,20H. The molecule has 2 aromatic rings. The molecule has 0 aromatic heterocycles. The van der Waals surface area contributed by atoms with E-state index in [-0.39, 0.29) is 0 Å². The van der Waals surface area contributed by atoms with Crippen LogP contribution in [0, 0.1) is 0 Å². The van der Waals surface area contributed by atoms with E-state index in [1.165, 1.54) is 18.3 Å². The van der Waals surface area contributed by atoms with Crippen LogP contribution in [0.1, 0.15) is 5.56 Å². The Balaban J connectivity index is 1.99. The zero-order valence-electron chi connectivity index (χ0n) is 11.8. The van der Waals surface area contributed by atoms with E-state index < -0.39 is 21.4 Å². The maximum absolute atomic E-state index is 12.2. The lowest BCUT2D eigenvalue weighted by molar-refractivity contribution is -0.0500. The third kappa shape index (κ3) is 4.87. The average Bonchev–Trinajstić information content (AvgIpc) is 2.49. The minimum Gasteiger partial charge on any atom is -0.376 e. The Morgan fingerprint density at radius 1 is 1.04 bits per heavy atom. The number of hydrogen-bond donors (Lipinski definition) is 1. The van der Waals surface area contributed by atoms with Crippen LogP contribution < -0.4 is 9.61 Å². The topological polar surface area (TPSA) is 67.8 Å². The summed E-state index contributed by atoms with van der Waals surface area (Å²) in [5.74, 6) is -0.449. The highest BCUT2D eigenvalue weighted by atomic mass is 35.5. The normalized spacial score (nSPS) is 12.3. The molecule has 0 saturated heterocycles. The third-order valence-electron chi connectivity index (χ3n) is 2.62. The van der Waals surface area contributed by atoms with Crippen molar-refractivity contribution in [1.82, 2.24) is 0 Å². The Hall–Kier alpha value is -2.26. The van der Waals surface area contributed by atoms with E-state index in [4.69, 9.17) is 11.6 Å². The van der Waals surface area contributed by atoms with Gasteiger partial charge in [0.1, 0.15) is 5.75 Å². The van der Waals surface area contributed by atoms with Gasteiger partial charge in [-0.3, -0.25) is 5.43 Å². The zero-order chi connectivity index (χ0) is 17.8. The first-order valence-electron chi connectivity index (χ1n) is 6.33. The number of rotatable bonds is 5. The molecule has 0 amide bonds. The van der Waals surface area contributed by atoms with Crippen LogP contribution >= 0.6 is 11.6 Å². The van der Waals surface area contributed by atoms with E-state index in [1.807, 2.05) is 0 Å². The van der Waals surface area contributed by atoms with Gasteiger partial charge in [-0.15, -0.1) is 0 Å². The molecule has 2 aromatic carbocycles. The molecule has 0 aliphatic carbocycles. The van der Waals surface area contributed by atoms with E-state index in [1.54, 1.807) is 24.3 Å². The second kappa shape index (κ2) is 7.10. The first-order valence-corrected chi connectivity index (χ1v) is 8.11. The highest BCUT2D eigenvalue weighted by Crippen LogP contribution is 2.26. The molecule has 0 unspecified atom stereocenters. The van der Waals surface area contributed by atoms with Gasteiger partial charge in [-0.1, -0.05) is 11.6 Å². The van der Waals surface area contributed by atoms with Crippen molar-refractivity contribution in [1.29, 1.82) is 0 Å². The van der Waals surface area contributed by atoms with Gasteiger partial charge in [0.15, 0.2) is 0 Å². The van der Waals surface area contributed by atoms with Gasteiger partial charge in [0.25, 0.3) is 0 Å². The molecule has 0 atom stereocenters. The van der Waals surface area contributed by atoms with E-state index in [9.17, 15) is 21.6 Å². The Labute approximate surface area is 140 Å². The predicted octanol–water partition coefficient (Wildman–Crippen LogP) is 4.01. The molecule has 0 fully saturated rings. The van der Waals surface area contributed by atoms with Gasteiger partial charge < -0.3 is 4.18 Å². The molecule has 0 aliphatic rings. The molecule has 5 nitrogen and oxygen atoms in total. The molecule has 0 heterocycles. The summed E-state index contributed by atoms with van der Waals surface area (Å²) < 4.78 is 62.3. The molecule has 0 radical (unpaired) electrons. The largest absolute Gasteiger partial charge is 0.534 e. The van der Waals surface area contributed by atoms with Crippen LogP contribution in [0.25, 0.3) is 0 Å². The first-order chi connectivity index (χ1) is 11.2. The number of hydrogen-bond acceptors (Lipinski definition) is 5. The quantitative estimate of drug-likeness (QED) is 0.369. The van der Waals surface area contributed by atoms with Gasteiger partial charge in [-0.2, -0.15) is 26.7 Å². The number of nitrogens with one attached hydrogen (secondary N) is 1. The van der Waals surface area contributed by atoms with E-state index in [0.29, 0.717) is 16.3 Å². The van der Waals surface area contributed by atoms with Crippen LogP contribution in [0.15, 0.2) is 53.6 Å². The van der Waals surface area contributed by atoms with E-state index in [2.05, 4.69) is 14.7 Å². The molecular formula is C14H10ClF3N2O3S. The minimum absolute atomic E-state index is 0.449. The van der Waals surface area contributed by atoms with Crippen molar-refractivity contribution in [2.75, 3.05) is 5.43 Å². The lowest BCUT2D eigenvalue weighted by atomic mass is 10.2. The lowest BCUT2D eigenvalue weighted by Gasteiger charge is -2.09. The summed E-state index contributed by atoms with van der Waals surface area (Å²) in [5, 5.41) is 4.51. The zero-order valence-corrected chi connectivity index (χ0v) is 13.4. The first kappa shape index (κ1) is 18.1. The Morgan fingerprint density at radius 2 is 1.62 bits per heavy atom. The van der Waals surface area contributed by atoms with Gasteiger partial charge in [0, 0.05) is 5.02 Å². The molecule has 0 bridgehead atoms. The van der Waals surface area contributed by atoms with Crippen LogP contribution in [-0.4, -0.2) is 20.1 Å². The van der Waals surface area contributed by atoms with Crippen LogP contribution in [0.4, 0.5) is 18.9 Å². The summed E-state index contributed by atoms with van der Waals surface area (Å²) in [6.07, 6.45) is 1.40. The number of hydrazone groups is 1. The van der Waals surface area contributed by atoms with Gasteiger partial charge in [-0.05, 0) is 54.1 Å². The molecule has 0 aliphatic heterocycles. The smallest absolute Gasteiger partial charge is 0.376 e. The molecule has 0 saturated carbocycles. The van der Waals surface area contributed by atoms with Gasteiger partial charge in [-0.25, -0.2) is 0 Å². The van der Waals surface area contributed by atoms with Crippen LogP contribution in [0.3, 0.4) is 0 Å². The fourth-order valence-corrected chi connectivity index (χ4v) is 2.07. The lowest BCUT2D eigenvalue weighted by Crippen LogP contribution is -2.28. The van der Waals surface area contributed by atoms with Crippen molar-refractivity contribution >= 4 is 33.6 Å². The minimum atomic E-state index is -5.68. The van der Waals surface area contributed by atoms with Crippen molar-refractivity contribution in [3.63, 3.8) is 0 Å². The molecule has 1 N–H and O–H groups in total. The number of alkyl halides is 3. The molecule has 10 heteroatoms. The summed E-state index contributed by atoms with van der Waals surface area (Å²) in [4.78, 5) is 0. The van der Waals surface area contributed by atoms with Crippen molar-refractivity contribution in [3.8, 4) is 5.75 Å². The van der Waals surface area contributed by atoms with E-state index >= 15 is 0 Å². The maximum Gasteiger partial charge on any atom is 0.534 e.